The van der Waals surface area contributed by atoms with E-state index in [0.717, 1.165) is 42.8 Å². The Morgan fingerprint density at radius 1 is 1.24 bits per heavy atom. The standard InChI is InChI=1S/C27H35ClN6O3/c1-18(13-26(35)36)32-19-5-7-20(8-6-19)33-25-14-21(22(28)15-30-25)23-3-2-4-24(34-23)31-17-27(16-29)9-11-37-12-10-27/h2-4,14-15,18-20,32H,5-13,17H2,1H3,(H,30,33)(H,31,34)(H,35,36)/t18-,19-,20-/m1/s1. The quantitative estimate of drug-likeness (QED) is 0.347. The van der Waals surface area contributed by atoms with Gasteiger partial charge in [0.25, 0.3) is 0 Å². The second-order valence-electron chi connectivity index (χ2n) is 10.2. The molecule has 2 fully saturated rings. The van der Waals surface area contributed by atoms with E-state index < -0.39 is 11.4 Å². The minimum atomic E-state index is -0.777. The van der Waals surface area contributed by atoms with Gasteiger partial charge in [0.05, 0.1) is 28.6 Å². The van der Waals surface area contributed by atoms with E-state index in [4.69, 9.17) is 26.4 Å². The molecule has 198 valence electrons. The smallest absolute Gasteiger partial charge is 0.304 e. The Balaban J connectivity index is 1.36. The maximum absolute atomic E-state index is 10.9. The first-order valence-corrected chi connectivity index (χ1v) is 13.3. The summed E-state index contributed by atoms with van der Waals surface area (Å²) in [5.41, 5.74) is 1.09. The number of ether oxygens (including phenoxy) is 1. The summed E-state index contributed by atoms with van der Waals surface area (Å²) in [4.78, 5) is 20.2. The monoisotopic (exact) mass is 526 g/mol. The van der Waals surface area contributed by atoms with Crippen LogP contribution in [-0.4, -0.2) is 58.9 Å². The molecule has 10 heteroatoms. The maximum atomic E-state index is 10.9. The second kappa shape index (κ2) is 12.5. The summed E-state index contributed by atoms with van der Waals surface area (Å²) in [6.45, 7) is 3.65. The molecule has 1 aliphatic carbocycles. The highest BCUT2D eigenvalue weighted by atomic mass is 35.5. The molecular weight excluding hydrogens is 492 g/mol. The van der Waals surface area contributed by atoms with Gasteiger partial charge in [0, 0.05) is 49.6 Å². The predicted molar refractivity (Wildman–Crippen MR) is 144 cm³/mol. The summed E-state index contributed by atoms with van der Waals surface area (Å²) < 4.78 is 5.42. The van der Waals surface area contributed by atoms with Gasteiger partial charge in [-0.15, -0.1) is 0 Å². The largest absolute Gasteiger partial charge is 0.481 e. The van der Waals surface area contributed by atoms with E-state index in [1.165, 1.54) is 0 Å². The summed E-state index contributed by atoms with van der Waals surface area (Å²) in [7, 11) is 0. The Hall–Kier alpha value is -2.93. The van der Waals surface area contributed by atoms with Crippen LogP contribution in [0.1, 0.15) is 51.9 Å². The van der Waals surface area contributed by atoms with Gasteiger partial charge in [-0.3, -0.25) is 4.79 Å². The van der Waals surface area contributed by atoms with Crippen molar-refractivity contribution in [3.05, 3.63) is 35.5 Å². The van der Waals surface area contributed by atoms with Gasteiger partial charge in [-0.1, -0.05) is 17.7 Å². The fourth-order valence-corrected chi connectivity index (χ4v) is 5.28. The molecule has 2 aliphatic rings. The topological polar surface area (TPSA) is 132 Å². The van der Waals surface area contributed by atoms with Crippen LogP contribution >= 0.6 is 11.6 Å². The van der Waals surface area contributed by atoms with Crippen LogP contribution < -0.4 is 16.0 Å². The summed E-state index contributed by atoms with van der Waals surface area (Å²) in [5.74, 6) is 0.672. The average Bonchev–Trinajstić information content (AvgIpc) is 2.90. The highest BCUT2D eigenvalue weighted by Gasteiger charge is 2.32. The Labute approximate surface area is 223 Å². The number of aromatic nitrogens is 2. The SMILES string of the molecule is C[C@H](CC(=O)O)N[C@H]1CC[C@H](Nc2cc(-c3cccc(NCC4(C#N)CCOCC4)n3)c(Cl)cn2)CC1. The fourth-order valence-electron chi connectivity index (χ4n) is 5.08. The molecule has 0 radical (unpaired) electrons. The summed E-state index contributed by atoms with van der Waals surface area (Å²) in [6.07, 6.45) is 7.10. The zero-order valence-corrected chi connectivity index (χ0v) is 21.9. The van der Waals surface area contributed by atoms with Gasteiger partial charge in [-0.25, -0.2) is 9.97 Å². The number of halogens is 1. The minimum Gasteiger partial charge on any atom is -0.481 e. The first-order valence-electron chi connectivity index (χ1n) is 13.0. The second-order valence-corrected chi connectivity index (χ2v) is 10.6. The lowest BCUT2D eigenvalue weighted by Crippen LogP contribution is -2.42. The van der Waals surface area contributed by atoms with Crippen LogP contribution in [0.2, 0.25) is 5.02 Å². The first-order chi connectivity index (χ1) is 17.9. The van der Waals surface area contributed by atoms with Crippen LogP contribution in [0.3, 0.4) is 0 Å². The Kier molecular flexibility index (Phi) is 9.19. The van der Waals surface area contributed by atoms with Crippen molar-refractivity contribution in [2.45, 2.75) is 70.0 Å². The van der Waals surface area contributed by atoms with Crippen molar-refractivity contribution in [2.24, 2.45) is 5.41 Å². The van der Waals surface area contributed by atoms with E-state index in [2.05, 4.69) is 27.0 Å². The summed E-state index contributed by atoms with van der Waals surface area (Å²) >= 11 is 6.52. The van der Waals surface area contributed by atoms with E-state index in [1.807, 2.05) is 31.2 Å². The number of anilines is 2. The van der Waals surface area contributed by atoms with Gasteiger partial charge in [-0.2, -0.15) is 5.26 Å². The number of rotatable bonds is 10. The normalized spacial score (nSPS) is 22.0. The van der Waals surface area contributed by atoms with Crippen molar-refractivity contribution in [3.63, 3.8) is 0 Å². The lowest BCUT2D eigenvalue weighted by atomic mass is 9.82. The molecule has 2 aromatic rings. The molecule has 0 unspecified atom stereocenters. The number of nitrogens with zero attached hydrogens (tertiary/aromatic N) is 3. The molecule has 1 saturated heterocycles. The van der Waals surface area contributed by atoms with Crippen molar-refractivity contribution < 1.29 is 14.6 Å². The number of carboxylic acids is 1. The predicted octanol–water partition coefficient (Wildman–Crippen LogP) is 4.71. The molecule has 2 aromatic heterocycles. The highest BCUT2D eigenvalue weighted by Crippen LogP contribution is 2.32. The zero-order valence-electron chi connectivity index (χ0n) is 21.2. The zero-order chi connectivity index (χ0) is 26.3. The van der Waals surface area contributed by atoms with Gasteiger partial charge in [0.15, 0.2) is 0 Å². The average molecular weight is 527 g/mol. The third-order valence-corrected chi connectivity index (χ3v) is 7.56. The first kappa shape index (κ1) is 27.1. The van der Waals surface area contributed by atoms with E-state index in [0.29, 0.717) is 49.5 Å². The molecule has 9 nitrogen and oxygen atoms in total. The van der Waals surface area contributed by atoms with Gasteiger partial charge >= 0.3 is 5.97 Å². The van der Waals surface area contributed by atoms with Crippen LogP contribution in [0.4, 0.5) is 11.6 Å². The molecular formula is C27H35ClN6O3. The molecule has 1 aliphatic heterocycles. The Morgan fingerprint density at radius 2 is 1.97 bits per heavy atom. The van der Waals surface area contributed by atoms with Crippen LogP contribution in [0, 0.1) is 16.7 Å². The van der Waals surface area contributed by atoms with Crippen molar-refractivity contribution in [2.75, 3.05) is 30.4 Å². The lowest BCUT2D eigenvalue weighted by molar-refractivity contribution is -0.137. The van der Waals surface area contributed by atoms with Crippen molar-refractivity contribution in [1.82, 2.24) is 15.3 Å². The third kappa shape index (κ3) is 7.54. The Bertz CT molecular complexity index is 1110. The van der Waals surface area contributed by atoms with Crippen LogP contribution in [-0.2, 0) is 9.53 Å². The summed E-state index contributed by atoms with van der Waals surface area (Å²) in [6, 6.07) is 10.7. The summed E-state index contributed by atoms with van der Waals surface area (Å²) in [5, 5.41) is 29.5. The van der Waals surface area contributed by atoms with E-state index in [-0.39, 0.29) is 18.5 Å². The number of nitrogens with one attached hydrogen (secondary N) is 3. The molecule has 1 saturated carbocycles. The molecule has 4 rings (SSSR count). The third-order valence-electron chi connectivity index (χ3n) is 7.26. The van der Waals surface area contributed by atoms with Gasteiger partial charge in [0.1, 0.15) is 11.6 Å². The molecule has 1 atom stereocenters. The van der Waals surface area contributed by atoms with E-state index >= 15 is 0 Å². The molecule has 0 amide bonds. The van der Waals surface area contributed by atoms with Crippen LogP contribution in [0.25, 0.3) is 11.3 Å². The molecule has 0 bridgehead atoms. The molecule has 3 heterocycles. The number of pyridine rings is 2. The van der Waals surface area contributed by atoms with Crippen molar-refractivity contribution >= 4 is 29.2 Å². The molecule has 37 heavy (non-hydrogen) atoms. The molecule has 4 N–H and O–H groups in total. The number of hydrogen-bond acceptors (Lipinski definition) is 8. The van der Waals surface area contributed by atoms with Crippen LogP contribution in [0.15, 0.2) is 30.5 Å². The number of nitriles is 1. The molecule has 0 aromatic carbocycles. The number of carbonyl (C=O) groups is 1. The van der Waals surface area contributed by atoms with E-state index in [9.17, 15) is 10.1 Å². The lowest BCUT2D eigenvalue weighted by Gasteiger charge is -2.31. The number of carboxylic acid groups (broad SMARTS) is 1. The van der Waals surface area contributed by atoms with Gasteiger partial charge in [-0.05, 0) is 63.6 Å². The van der Waals surface area contributed by atoms with Gasteiger partial charge in [0.2, 0.25) is 0 Å². The maximum Gasteiger partial charge on any atom is 0.304 e. The fraction of sp³-hybridized carbons (Fsp3) is 0.556. The van der Waals surface area contributed by atoms with Gasteiger partial charge < -0.3 is 25.8 Å². The highest BCUT2D eigenvalue weighted by molar-refractivity contribution is 6.33. The minimum absolute atomic E-state index is 0.0348. The van der Waals surface area contributed by atoms with Crippen molar-refractivity contribution in [3.8, 4) is 17.3 Å². The van der Waals surface area contributed by atoms with Crippen molar-refractivity contribution in [1.29, 1.82) is 5.26 Å². The van der Waals surface area contributed by atoms with Crippen LogP contribution in [0.5, 0.6) is 0 Å². The Morgan fingerprint density at radius 3 is 2.68 bits per heavy atom. The number of hydrogen-bond donors (Lipinski definition) is 4. The van der Waals surface area contributed by atoms with E-state index in [1.54, 1.807) is 6.20 Å². The molecule has 0 spiro atoms. The number of aliphatic carboxylic acids is 1.